The quantitative estimate of drug-likeness (QED) is 0.116. The monoisotopic (exact) mass is 684 g/mol. The second-order valence-electron chi connectivity index (χ2n) is 14.8. The molecule has 2 rings (SSSR count). The molecule has 0 spiro atoms. The summed E-state index contributed by atoms with van der Waals surface area (Å²) in [6.07, 6.45) is 32.2. The zero-order valence-electron chi connectivity index (χ0n) is 32.5. The number of carbonyl (C=O) groups is 2. The summed E-state index contributed by atoms with van der Waals surface area (Å²) in [5.74, 6) is 0.260. The van der Waals surface area contributed by atoms with Crippen LogP contribution in [0.2, 0.25) is 0 Å². The van der Waals surface area contributed by atoms with Crippen molar-refractivity contribution in [3.8, 4) is 0 Å². The van der Waals surface area contributed by atoms with Crippen molar-refractivity contribution < 1.29 is 28.5 Å². The van der Waals surface area contributed by atoms with E-state index in [2.05, 4.69) is 164 Å². The SMILES string of the molecule is COC(=O)O[C@@H]1CC(C)=C(/C=C/C(C)=C/C=C/C(C)=C/C=C/C=C(C)/C=C/C=C(C)/C=C/[C@H]2C(C)=C[C@H](OC(=O)OC)CC2(C)C)C(C)(C)C1. The summed E-state index contributed by atoms with van der Waals surface area (Å²) in [5.41, 5.74) is 8.20. The first-order chi connectivity index (χ1) is 23.5. The molecule has 6 nitrogen and oxygen atoms in total. The average molecular weight is 685 g/mol. The Labute approximate surface area is 302 Å². The summed E-state index contributed by atoms with van der Waals surface area (Å²) in [6, 6.07) is 0. The molecule has 0 N–H and O–H groups in total. The topological polar surface area (TPSA) is 71.1 Å². The molecular formula is C44H60O6. The van der Waals surface area contributed by atoms with E-state index >= 15 is 0 Å². The number of hydrogen-bond acceptors (Lipinski definition) is 6. The highest BCUT2D eigenvalue weighted by atomic mass is 16.7. The highest BCUT2D eigenvalue weighted by Gasteiger charge is 2.37. The van der Waals surface area contributed by atoms with Crippen LogP contribution in [0.4, 0.5) is 9.59 Å². The molecule has 0 bridgehead atoms. The van der Waals surface area contributed by atoms with Crippen LogP contribution in [0.25, 0.3) is 0 Å². The molecule has 0 heterocycles. The van der Waals surface area contributed by atoms with Gasteiger partial charge in [-0.3, -0.25) is 0 Å². The van der Waals surface area contributed by atoms with Crippen LogP contribution in [0, 0.1) is 16.7 Å². The van der Waals surface area contributed by atoms with Crippen LogP contribution in [-0.2, 0) is 18.9 Å². The first-order valence-electron chi connectivity index (χ1n) is 17.4. The summed E-state index contributed by atoms with van der Waals surface area (Å²) in [5, 5.41) is 0. The van der Waals surface area contributed by atoms with Gasteiger partial charge in [0.2, 0.25) is 0 Å². The molecule has 2 aliphatic rings. The summed E-state index contributed by atoms with van der Waals surface area (Å²) in [7, 11) is 2.67. The molecule has 0 saturated carbocycles. The van der Waals surface area contributed by atoms with E-state index in [9.17, 15) is 9.59 Å². The summed E-state index contributed by atoms with van der Waals surface area (Å²) in [6.45, 7) is 21.4. The minimum atomic E-state index is -0.642. The Morgan fingerprint density at radius 1 is 0.700 bits per heavy atom. The average Bonchev–Trinajstić information content (AvgIpc) is 3.01. The Morgan fingerprint density at radius 3 is 1.72 bits per heavy atom. The third kappa shape index (κ3) is 14.3. The molecule has 0 aromatic rings. The predicted octanol–water partition coefficient (Wildman–Crippen LogP) is 12.0. The predicted molar refractivity (Wildman–Crippen MR) is 207 cm³/mol. The number of ether oxygens (including phenoxy) is 4. The largest absolute Gasteiger partial charge is 0.508 e. The van der Waals surface area contributed by atoms with E-state index in [1.54, 1.807) is 0 Å². The molecular weight excluding hydrogens is 624 g/mol. The Hall–Kier alpha value is -4.32. The number of rotatable bonds is 12. The van der Waals surface area contributed by atoms with Crippen LogP contribution in [-0.4, -0.2) is 38.7 Å². The minimum Gasteiger partial charge on any atom is -0.438 e. The van der Waals surface area contributed by atoms with E-state index < -0.39 is 12.3 Å². The van der Waals surface area contributed by atoms with Crippen molar-refractivity contribution >= 4 is 12.3 Å². The van der Waals surface area contributed by atoms with E-state index in [0.29, 0.717) is 0 Å². The number of methoxy groups -OCH3 is 2. The van der Waals surface area contributed by atoms with Crippen LogP contribution >= 0.6 is 0 Å². The Kier molecular flexibility index (Phi) is 16.5. The fraction of sp³-hybridized carbons (Fsp3) is 0.455. The summed E-state index contributed by atoms with van der Waals surface area (Å²) < 4.78 is 20.2. The maximum atomic E-state index is 11.6. The van der Waals surface area contributed by atoms with Gasteiger partial charge in [0.05, 0.1) is 14.2 Å². The summed E-state index contributed by atoms with van der Waals surface area (Å²) in [4.78, 5) is 23.2. The van der Waals surface area contributed by atoms with Crippen LogP contribution in [0.15, 0.2) is 130 Å². The lowest BCUT2D eigenvalue weighted by Gasteiger charge is -2.39. The van der Waals surface area contributed by atoms with Crippen molar-refractivity contribution in [1.29, 1.82) is 0 Å². The Bertz CT molecular complexity index is 1540. The van der Waals surface area contributed by atoms with E-state index in [1.165, 1.54) is 30.9 Å². The highest BCUT2D eigenvalue weighted by molar-refractivity contribution is 5.60. The molecule has 0 aliphatic heterocycles. The van der Waals surface area contributed by atoms with Crippen molar-refractivity contribution in [1.82, 2.24) is 0 Å². The van der Waals surface area contributed by atoms with Gasteiger partial charge in [-0.2, -0.15) is 0 Å². The molecule has 3 atom stereocenters. The van der Waals surface area contributed by atoms with Crippen molar-refractivity contribution in [2.75, 3.05) is 14.2 Å². The van der Waals surface area contributed by atoms with Gasteiger partial charge in [0.25, 0.3) is 0 Å². The maximum absolute atomic E-state index is 11.6. The minimum absolute atomic E-state index is 0.0489. The van der Waals surface area contributed by atoms with Gasteiger partial charge >= 0.3 is 12.3 Å². The van der Waals surface area contributed by atoms with Crippen LogP contribution in [0.5, 0.6) is 0 Å². The molecule has 272 valence electrons. The Balaban J connectivity index is 1.92. The van der Waals surface area contributed by atoms with Gasteiger partial charge in [-0.05, 0) is 76.9 Å². The molecule has 0 fully saturated rings. The van der Waals surface area contributed by atoms with Crippen molar-refractivity contribution in [3.63, 3.8) is 0 Å². The van der Waals surface area contributed by atoms with Crippen molar-refractivity contribution in [3.05, 3.63) is 130 Å². The molecule has 50 heavy (non-hydrogen) atoms. The molecule has 0 radical (unpaired) electrons. The van der Waals surface area contributed by atoms with Gasteiger partial charge in [0.15, 0.2) is 0 Å². The number of hydrogen-bond donors (Lipinski definition) is 0. The number of carbonyl (C=O) groups excluding carboxylic acids is 2. The molecule has 0 saturated heterocycles. The third-order valence-electron chi connectivity index (χ3n) is 9.14. The standard InChI is InChI=1S/C44H60O6/c1-31(19-15-21-33(3)23-25-39-35(5)27-37(29-43(39,7)8)49-41(45)47-11)17-13-14-18-32(2)20-16-22-34(4)24-26-40-36(6)28-38(30-44(40,9)10)50-42(46)48-12/h13-27,37-39H,28-30H2,1-12H3/b14-13+,19-15+,20-16+,25-23+,26-24+,31-17+,32-18+,33-21+,34-22+/t37-,38+,39-/m0/s1. The summed E-state index contributed by atoms with van der Waals surface area (Å²) >= 11 is 0. The normalized spacial score (nSPS) is 23.8. The van der Waals surface area contributed by atoms with E-state index in [-0.39, 0.29) is 29.0 Å². The first kappa shape index (κ1) is 41.8. The van der Waals surface area contributed by atoms with Crippen LogP contribution < -0.4 is 0 Å². The van der Waals surface area contributed by atoms with Gasteiger partial charge in [-0.25, -0.2) is 9.59 Å². The second-order valence-corrected chi connectivity index (χ2v) is 14.8. The zero-order chi connectivity index (χ0) is 37.5. The molecule has 0 aromatic heterocycles. The second kappa shape index (κ2) is 19.8. The van der Waals surface area contributed by atoms with Gasteiger partial charge in [0, 0.05) is 12.3 Å². The molecule has 0 aromatic carbocycles. The van der Waals surface area contributed by atoms with E-state index in [1.807, 2.05) is 6.08 Å². The molecule has 6 heteroatoms. The lowest BCUT2D eigenvalue weighted by atomic mass is 9.67. The van der Waals surface area contributed by atoms with E-state index in [4.69, 9.17) is 9.47 Å². The van der Waals surface area contributed by atoms with E-state index in [0.717, 1.165) is 41.6 Å². The molecule has 0 amide bonds. The first-order valence-corrected chi connectivity index (χ1v) is 17.4. The highest BCUT2D eigenvalue weighted by Crippen LogP contribution is 2.43. The number of allylic oxidation sites excluding steroid dienone is 20. The maximum Gasteiger partial charge on any atom is 0.508 e. The van der Waals surface area contributed by atoms with Gasteiger partial charge in [-0.15, -0.1) is 0 Å². The third-order valence-corrected chi connectivity index (χ3v) is 9.14. The van der Waals surface area contributed by atoms with Gasteiger partial charge in [-0.1, -0.05) is 146 Å². The molecule has 2 aliphatic carbocycles. The van der Waals surface area contributed by atoms with Crippen LogP contribution in [0.3, 0.4) is 0 Å². The fourth-order valence-electron chi connectivity index (χ4n) is 6.60. The Morgan fingerprint density at radius 2 is 1.20 bits per heavy atom. The van der Waals surface area contributed by atoms with Gasteiger partial charge < -0.3 is 18.9 Å². The smallest absolute Gasteiger partial charge is 0.438 e. The van der Waals surface area contributed by atoms with Gasteiger partial charge in [0.1, 0.15) is 12.2 Å². The zero-order valence-corrected chi connectivity index (χ0v) is 32.5. The van der Waals surface area contributed by atoms with Crippen molar-refractivity contribution in [2.45, 2.75) is 101 Å². The molecule has 0 unspecified atom stereocenters. The van der Waals surface area contributed by atoms with Crippen molar-refractivity contribution in [2.24, 2.45) is 16.7 Å². The van der Waals surface area contributed by atoms with Crippen LogP contribution in [0.1, 0.15) is 88.5 Å². The lowest BCUT2D eigenvalue weighted by Crippen LogP contribution is -2.34. The fourth-order valence-corrected chi connectivity index (χ4v) is 6.60. The lowest BCUT2D eigenvalue weighted by molar-refractivity contribution is 0.0197.